The van der Waals surface area contributed by atoms with Crippen LogP contribution in [0.1, 0.15) is 27.2 Å². The average Bonchev–Trinajstić information content (AvgIpc) is 2.26. The summed E-state index contributed by atoms with van der Waals surface area (Å²) in [5.74, 6) is -1.57. The Hall–Kier alpha value is -1.85. The van der Waals surface area contributed by atoms with E-state index in [2.05, 4.69) is 4.74 Å². The maximum absolute atomic E-state index is 11.6. The third-order valence-electron chi connectivity index (χ3n) is 1.64. The van der Waals surface area contributed by atoms with E-state index in [1.54, 1.807) is 20.8 Å². The van der Waals surface area contributed by atoms with Crippen LogP contribution in [-0.2, 0) is 19.1 Å². The molecule has 0 heterocycles. The van der Waals surface area contributed by atoms with Crippen LogP contribution in [-0.4, -0.2) is 31.2 Å². The van der Waals surface area contributed by atoms with E-state index in [4.69, 9.17) is 4.74 Å². The summed E-state index contributed by atoms with van der Waals surface area (Å²) in [5, 5.41) is 1.94. The van der Waals surface area contributed by atoms with Gasteiger partial charge in [0.1, 0.15) is 5.57 Å². The molecule has 96 valence electrons. The second-order valence-corrected chi connectivity index (χ2v) is 2.92. The molecule has 2 amide bonds. The van der Waals surface area contributed by atoms with Crippen LogP contribution in [0.25, 0.3) is 0 Å². The summed E-state index contributed by atoms with van der Waals surface area (Å²) >= 11 is 0. The topological polar surface area (TPSA) is 81.7 Å². The van der Waals surface area contributed by atoms with Crippen LogP contribution in [0.4, 0.5) is 4.79 Å². The van der Waals surface area contributed by atoms with Gasteiger partial charge in [-0.2, -0.15) is 0 Å². The Morgan fingerprint density at radius 1 is 1.06 bits per heavy atom. The first kappa shape index (κ1) is 15.2. The molecule has 0 aliphatic carbocycles. The number of amides is 2. The van der Waals surface area contributed by atoms with E-state index in [0.717, 1.165) is 0 Å². The lowest BCUT2D eigenvalue weighted by atomic mass is 10.2. The zero-order chi connectivity index (χ0) is 13.3. The molecule has 0 atom stereocenters. The van der Waals surface area contributed by atoms with Crippen LogP contribution in [0, 0.1) is 0 Å². The number of carbonyl (C=O) groups excluding carboxylic acids is 3. The molecule has 0 saturated heterocycles. The van der Waals surface area contributed by atoms with Gasteiger partial charge in [0.15, 0.2) is 0 Å². The van der Waals surface area contributed by atoms with E-state index >= 15 is 0 Å². The van der Waals surface area contributed by atoms with E-state index in [0.29, 0.717) is 6.42 Å². The van der Waals surface area contributed by atoms with Gasteiger partial charge in [0.05, 0.1) is 13.2 Å². The predicted octanol–water partition coefficient (Wildman–Crippen LogP) is 1.16. The molecule has 0 aliphatic heterocycles. The number of carbonyl (C=O) groups is 3. The maximum Gasteiger partial charge on any atom is 0.414 e. The molecule has 17 heavy (non-hydrogen) atoms. The average molecular weight is 243 g/mol. The predicted molar refractivity (Wildman–Crippen MR) is 60.2 cm³/mol. The Kier molecular flexibility index (Phi) is 7.41. The van der Waals surface area contributed by atoms with Crippen LogP contribution in [0.2, 0.25) is 0 Å². The summed E-state index contributed by atoms with van der Waals surface area (Å²) in [5.41, 5.74) is -0.192. The van der Waals surface area contributed by atoms with Gasteiger partial charge >= 0.3 is 12.1 Å². The largest absolute Gasteiger partial charge is 0.462 e. The van der Waals surface area contributed by atoms with Crippen molar-refractivity contribution in [1.29, 1.82) is 0 Å². The summed E-state index contributed by atoms with van der Waals surface area (Å²) in [6, 6.07) is 0. The molecule has 0 fully saturated rings. The molecular weight excluding hydrogens is 226 g/mol. The zero-order valence-electron chi connectivity index (χ0n) is 10.2. The van der Waals surface area contributed by atoms with Gasteiger partial charge in [0.25, 0.3) is 5.91 Å². The van der Waals surface area contributed by atoms with E-state index < -0.39 is 18.0 Å². The smallest absolute Gasteiger partial charge is 0.414 e. The number of imide groups is 1. The lowest BCUT2D eigenvalue weighted by molar-refractivity contribution is -0.140. The fourth-order valence-corrected chi connectivity index (χ4v) is 1.01. The van der Waals surface area contributed by atoms with Gasteiger partial charge in [0.2, 0.25) is 0 Å². The molecule has 0 aromatic heterocycles. The minimum Gasteiger partial charge on any atom is -0.462 e. The van der Waals surface area contributed by atoms with Crippen molar-refractivity contribution in [1.82, 2.24) is 5.32 Å². The van der Waals surface area contributed by atoms with Gasteiger partial charge in [0, 0.05) is 0 Å². The van der Waals surface area contributed by atoms with Crippen LogP contribution >= 0.6 is 0 Å². The first-order valence-corrected chi connectivity index (χ1v) is 5.42. The Balaban J connectivity index is 4.62. The van der Waals surface area contributed by atoms with E-state index in [-0.39, 0.29) is 18.8 Å². The first-order chi connectivity index (χ1) is 8.06. The molecule has 0 saturated carbocycles. The number of esters is 1. The molecule has 0 rings (SSSR count). The minimum atomic E-state index is -0.885. The summed E-state index contributed by atoms with van der Waals surface area (Å²) < 4.78 is 9.23. The first-order valence-electron chi connectivity index (χ1n) is 5.42. The second kappa shape index (κ2) is 8.32. The number of rotatable bonds is 5. The van der Waals surface area contributed by atoms with Crippen molar-refractivity contribution >= 4 is 18.0 Å². The molecule has 0 aliphatic rings. The number of hydrogen-bond donors (Lipinski definition) is 1. The van der Waals surface area contributed by atoms with Crippen LogP contribution < -0.4 is 5.32 Å². The number of ether oxygens (including phenoxy) is 2. The molecule has 0 aromatic rings. The van der Waals surface area contributed by atoms with Gasteiger partial charge < -0.3 is 9.47 Å². The molecular formula is C11H17NO5. The van der Waals surface area contributed by atoms with Crippen molar-refractivity contribution < 1.29 is 23.9 Å². The molecule has 0 unspecified atom stereocenters. The highest BCUT2D eigenvalue weighted by Crippen LogP contribution is 2.01. The number of alkyl carbamates (subject to hydrolysis) is 1. The molecule has 6 heteroatoms. The van der Waals surface area contributed by atoms with Crippen molar-refractivity contribution in [2.24, 2.45) is 0 Å². The maximum atomic E-state index is 11.6. The van der Waals surface area contributed by atoms with Crippen LogP contribution in [0.3, 0.4) is 0 Å². The highest BCUT2D eigenvalue weighted by atomic mass is 16.5. The quantitative estimate of drug-likeness (QED) is 0.339. The van der Waals surface area contributed by atoms with Gasteiger partial charge in [-0.3, -0.25) is 10.1 Å². The Morgan fingerprint density at radius 2 is 1.65 bits per heavy atom. The summed E-state index contributed by atoms with van der Waals surface area (Å²) in [6.07, 6.45) is 0.987. The second-order valence-electron chi connectivity index (χ2n) is 2.92. The van der Waals surface area contributed by atoms with Gasteiger partial charge in [-0.15, -0.1) is 0 Å². The third-order valence-corrected chi connectivity index (χ3v) is 1.64. The summed E-state index contributed by atoms with van der Waals surface area (Å²) in [6.45, 7) is 5.30. The van der Waals surface area contributed by atoms with E-state index in [9.17, 15) is 14.4 Å². The van der Waals surface area contributed by atoms with Gasteiger partial charge in [-0.1, -0.05) is 13.0 Å². The Morgan fingerprint density at radius 3 is 2.12 bits per heavy atom. The molecule has 0 aromatic carbocycles. The third kappa shape index (κ3) is 5.70. The van der Waals surface area contributed by atoms with Crippen molar-refractivity contribution in [3.05, 3.63) is 11.6 Å². The van der Waals surface area contributed by atoms with E-state index in [1.807, 2.05) is 5.32 Å². The van der Waals surface area contributed by atoms with Crippen molar-refractivity contribution in [2.75, 3.05) is 13.2 Å². The van der Waals surface area contributed by atoms with Crippen molar-refractivity contribution in [3.8, 4) is 0 Å². The lowest BCUT2D eigenvalue weighted by Gasteiger charge is -2.07. The molecule has 0 bridgehead atoms. The van der Waals surface area contributed by atoms with Gasteiger partial charge in [-0.05, 0) is 20.3 Å². The fourth-order valence-electron chi connectivity index (χ4n) is 1.01. The monoisotopic (exact) mass is 243 g/mol. The summed E-state index contributed by atoms with van der Waals surface area (Å²) in [7, 11) is 0. The SMILES string of the molecule is CCC=C(C(=O)NC(=O)OCC)C(=O)OCC. The molecule has 6 nitrogen and oxygen atoms in total. The molecule has 0 spiro atoms. The van der Waals surface area contributed by atoms with E-state index in [1.165, 1.54) is 6.08 Å². The Bertz CT molecular complexity index is 322. The number of nitrogens with one attached hydrogen (secondary N) is 1. The highest BCUT2D eigenvalue weighted by Gasteiger charge is 2.21. The lowest BCUT2D eigenvalue weighted by Crippen LogP contribution is -2.34. The Labute approximate surface area is 100.0 Å². The normalized spacial score (nSPS) is 10.6. The minimum absolute atomic E-state index is 0.144. The van der Waals surface area contributed by atoms with Crippen molar-refractivity contribution in [3.63, 3.8) is 0 Å². The van der Waals surface area contributed by atoms with Crippen LogP contribution in [0.15, 0.2) is 11.6 Å². The standard InChI is InChI=1S/C11H17NO5/c1-4-7-8(10(14)16-5-2)9(13)12-11(15)17-6-3/h7H,4-6H2,1-3H3,(H,12,13,15). The number of allylic oxidation sites excluding steroid dienone is 1. The van der Waals surface area contributed by atoms with Crippen LogP contribution in [0.5, 0.6) is 0 Å². The number of hydrogen-bond acceptors (Lipinski definition) is 5. The van der Waals surface area contributed by atoms with Gasteiger partial charge in [-0.25, -0.2) is 9.59 Å². The highest BCUT2D eigenvalue weighted by molar-refractivity contribution is 6.19. The van der Waals surface area contributed by atoms with Crippen molar-refractivity contribution in [2.45, 2.75) is 27.2 Å². The molecule has 1 N–H and O–H groups in total. The fraction of sp³-hybridized carbons (Fsp3) is 0.545. The summed E-state index contributed by atoms with van der Waals surface area (Å²) in [4.78, 5) is 34.0. The molecule has 0 radical (unpaired) electrons. The zero-order valence-corrected chi connectivity index (χ0v) is 10.2.